The van der Waals surface area contributed by atoms with E-state index in [1.807, 2.05) is 13.8 Å². The van der Waals surface area contributed by atoms with Crippen LogP contribution in [-0.4, -0.2) is 42.6 Å². The van der Waals surface area contributed by atoms with Crippen molar-refractivity contribution in [2.24, 2.45) is 23.5 Å². The van der Waals surface area contributed by atoms with Crippen LogP contribution in [0.1, 0.15) is 26.7 Å². The molecule has 1 atom stereocenters. The van der Waals surface area contributed by atoms with Gasteiger partial charge < -0.3 is 15.4 Å². The second-order valence-electron chi connectivity index (χ2n) is 5.40. The molecule has 0 saturated heterocycles. The molecule has 1 saturated carbocycles. The molecule has 0 aliphatic heterocycles. The summed E-state index contributed by atoms with van der Waals surface area (Å²) in [6.45, 7) is 5.92. The maximum atomic E-state index is 12.2. The van der Waals surface area contributed by atoms with Gasteiger partial charge in [0.1, 0.15) is 0 Å². The van der Waals surface area contributed by atoms with Crippen molar-refractivity contribution in [1.82, 2.24) is 4.90 Å². The fourth-order valence-corrected chi connectivity index (χ4v) is 2.19. The minimum absolute atomic E-state index is 0.00692. The summed E-state index contributed by atoms with van der Waals surface area (Å²) in [6.07, 6.45) is 2.57. The maximum Gasteiger partial charge on any atom is 0.232 e. The molecule has 0 aromatic carbocycles. The summed E-state index contributed by atoms with van der Waals surface area (Å²) in [6, 6.07) is 0. The number of carbonyl (C=O) groups excluding carboxylic acids is 1. The molecule has 0 aromatic rings. The van der Waals surface area contributed by atoms with E-state index >= 15 is 0 Å². The van der Waals surface area contributed by atoms with E-state index in [0.717, 1.165) is 12.5 Å². The van der Waals surface area contributed by atoms with Crippen LogP contribution >= 0.6 is 12.2 Å². The molecule has 0 spiro atoms. The highest BCUT2D eigenvalue weighted by molar-refractivity contribution is 7.80. The highest BCUT2D eigenvalue weighted by Gasteiger charge is 2.27. The fraction of sp³-hybridized carbons (Fsp3) is 0.846. The van der Waals surface area contributed by atoms with Crippen LogP contribution in [-0.2, 0) is 9.53 Å². The van der Waals surface area contributed by atoms with Crippen LogP contribution in [0.25, 0.3) is 0 Å². The van der Waals surface area contributed by atoms with Crippen LogP contribution in [0.4, 0.5) is 0 Å². The standard InChI is InChI=1S/C13H24N2O2S/c1-9(2)11(12(14)18)13(16)15(3)6-7-17-8-10-4-5-10/h9-11H,4-8H2,1-3H3,(H2,14,18). The summed E-state index contributed by atoms with van der Waals surface area (Å²) < 4.78 is 5.52. The molecular weight excluding hydrogens is 248 g/mol. The van der Waals surface area contributed by atoms with Crippen molar-refractivity contribution >= 4 is 23.1 Å². The number of hydrogen-bond donors (Lipinski definition) is 1. The average Bonchev–Trinajstić information content (AvgIpc) is 3.06. The minimum Gasteiger partial charge on any atom is -0.393 e. The highest BCUT2D eigenvalue weighted by atomic mass is 32.1. The van der Waals surface area contributed by atoms with E-state index in [1.165, 1.54) is 12.8 Å². The number of rotatable bonds is 8. The van der Waals surface area contributed by atoms with E-state index in [1.54, 1.807) is 11.9 Å². The summed E-state index contributed by atoms with van der Waals surface area (Å²) >= 11 is 4.97. The van der Waals surface area contributed by atoms with Crippen molar-refractivity contribution < 1.29 is 9.53 Å². The number of hydrogen-bond acceptors (Lipinski definition) is 3. The monoisotopic (exact) mass is 272 g/mol. The van der Waals surface area contributed by atoms with Crippen molar-refractivity contribution in [1.29, 1.82) is 0 Å². The number of ether oxygens (including phenoxy) is 1. The third kappa shape index (κ3) is 4.90. The Morgan fingerprint density at radius 1 is 1.50 bits per heavy atom. The molecule has 0 heterocycles. The van der Waals surface area contributed by atoms with Crippen molar-refractivity contribution in [3.05, 3.63) is 0 Å². The van der Waals surface area contributed by atoms with E-state index in [0.29, 0.717) is 13.2 Å². The average molecular weight is 272 g/mol. The maximum absolute atomic E-state index is 12.2. The first kappa shape index (κ1) is 15.4. The molecule has 104 valence electrons. The normalized spacial score (nSPS) is 16.7. The molecule has 2 N–H and O–H groups in total. The zero-order valence-electron chi connectivity index (χ0n) is 11.5. The second-order valence-corrected chi connectivity index (χ2v) is 5.87. The van der Waals surface area contributed by atoms with Crippen LogP contribution < -0.4 is 5.73 Å². The lowest BCUT2D eigenvalue weighted by Crippen LogP contribution is -2.42. The Balaban J connectivity index is 2.30. The molecule has 1 rings (SSSR count). The zero-order valence-corrected chi connectivity index (χ0v) is 12.3. The van der Waals surface area contributed by atoms with E-state index in [-0.39, 0.29) is 22.7 Å². The van der Waals surface area contributed by atoms with Crippen molar-refractivity contribution in [2.45, 2.75) is 26.7 Å². The third-order valence-electron chi connectivity index (χ3n) is 3.24. The summed E-state index contributed by atoms with van der Waals surface area (Å²) in [7, 11) is 1.77. The molecule has 1 fully saturated rings. The van der Waals surface area contributed by atoms with Crippen molar-refractivity contribution in [3.63, 3.8) is 0 Å². The number of thiocarbonyl (C=S) groups is 1. The predicted molar refractivity (Wildman–Crippen MR) is 76.3 cm³/mol. The zero-order chi connectivity index (χ0) is 13.7. The molecule has 1 amide bonds. The molecule has 0 aromatic heterocycles. The molecule has 1 unspecified atom stereocenters. The molecule has 5 heteroatoms. The largest absolute Gasteiger partial charge is 0.393 e. The van der Waals surface area contributed by atoms with Gasteiger partial charge in [-0.05, 0) is 24.7 Å². The van der Waals surface area contributed by atoms with Gasteiger partial charge in [-0.15, -0.1) is 0 Å². The summed E-state index contributed by atoms with van der Waals surface area (Å²) in [5.74, 6) is 0.511. The smallest absolute Gasteiger partial charge is 0.232 e. The Bertz CT molecular complexity index is 303. The minimum atomic E-state index is -0.367. The van der Waals surface area contributed by atoms with E-state index in [9.17, 15) is 4.79 Å². The van der Waals surface area contributed by atoms with Gasteiger partial charge in [0.15, 0.2) is 0 Å². The lowest BCUT2D eigenvalue weighted by Gasteiger charge is -2.25. The van der Waals surface area contributed by atoms with Crippen LogP contribution in [0, 0.1) is 17.8 Å². The lowest BCUT2D eigenvalue weighted by atomic mass is 9.94. The first-order valence-electron chi connectivity index (χ1n) is 6.55. The van der Waals surface area contributed by atoms with E-state index in [4.69, 9.17) is 22.7 Å². The van der Waals surface area contributed by atoms with Gasteiger partial charge in [-0.1, -0.05) is 26.1 Å². The van der Waals surface area contributed by atoms with Crippen LogP contribution in [0.3, 0.4) is 0 Å². The Hall–Kier alpha value is -0.680. The Labute approximate surface area is 115 Å². The SMILES string of the molecule is CC(C)C(C(=O)N(C)CCOCC1CC1)C(N)=S. The number of amides is 1. The molecule has 0 bridgehead atoms. The van der Waals surface area contributed by atoms with E-state index < -0.39 is 0 Å². The molecule has 1 aliphatic rings. The lowest BCUT2D eigenvalue weighted by molar-refractivity contribution is -0.133. The molecular formula is C13H24N2O2S. The first-order chi connectivity index (χ1) is 8.43. The van der Waals surface area contributed by atoms with Crippen molar-refractivity contribution in [2.75, 3.05) is 26.8 Å². The highest BCUT2D eigenvalue weighted by Crippen LogP contribution is 2.28. The predicted octanol–water partition coefficient (Wildman–Crippen LogP) is 1.43. The van der Waals surface area contributed by atoms with Gasteiger partial charge in [0, 0.05) is 20.2 Å². The Kier molecular flexibility index (Phi) is 6.02. The van der Waals surface area contributed by atoms with Crippen LogP contribution in [0.15, 0.2) is 0 Å². The van der Waals surface area contributed by atoms with Gasteiger partial charge in [0.2, 0.25) is 5.91 Å². The fourth-order valence-electron chi connectivity index (χ4n) is 1.82. The van der Waals surface area contributed by atoms with Gasteiger partial charge in [0.25, 0.3) is 0 Å². The van der Waals surface area contributed by atoms with Gasteiger partial charge in [-0.2, -0.15) is 0 Å². The van der Waals surface area contributed by atoms with Gasteiger partial charge in [-0.25, -0.2) is 0 Å². The van der Waals surface area contributed by atoms with Crippen molar-refractivity contribution in [3.8, 4) is 0 Å². The van der Waals surface area contributed by atoms with Gasteiger partial charge in [-0.3, -0.25) is 4.79 Å². The first-order valence-corrected chi connectivity index (χ1v) is 6.96. The van der Waals surface area contributed by atoms with E-state index in [2.05, 4.69) is 0 Å². The second kappa shape index (κ2) is 7.04. The van der Waals surface area contributed by atoms with Gasteiger partial charge in [0.05, 0.1) is 17.5 Å². The molecule has 0 radical (unpaired) electrons. The molecule has 4 nitrogen and oxygen atoms in total. The van der Waals surface area contributed by atoms with Gasteiger partial charge >= 0.3 is 0 Å². The molecule has 18 heavy (non-hydrogen) atoms. The number of nitrogens with zero attached hydrogens (tertiary/aromatic N) is 1. The molecule has 1 aliphatic carbocycles. The number of nitrogens with two attached hydrogens (primary N) is 1. The summed E-state index contributed by atoms with van der Waals surface area (Å²) in [5.41, 5.74) is 5.63. The van der Waals surface area contributed by atoms with Crippen LogP contribution in [0.2, 0.25) is 0 Å². The summed E-state index contributed by atoms with van der Waals surface area (Å²) in [4.78, 5) is 14.1. The van der Waals surface area contributed by atoms with Crippen LogP contribution in [0.5, 0.6) is 0 Å². The number of likely N-dealkylation sites (N-methyl/N-ethyl adjacent to an activating group) is 1. The Morgan fingerprint density at radius 2 is 2.11 bits per heavy atom. The summed E-state index contributed by atoms with van der Waals surface area (Å²) in [5, 5.41) is 0. The third-order valence-corrected chi connectivity index (χ3v) is 3.49. The topological polar surface area (TPSA) is 55.6 Å². The Morgan fingerprint density at radius 3 is 2.56 bits per heavy atom. The quantitative estimate of drug-likeness (QED) is 0.536. The number of carbonyl (C=O) groups is 1.